The second kappa shape index (κ2) is 6.07. The molecule has 0 bridgehead atoms. The summed E-state index contributed by atoms with van der Waals surface area (Å²) in [7, 11) is 1.59. The predicted molar refractivity (Wildman–Crippen MR) is 69.7 cm³/mol. The van der Waals surface area contributed by atoms with Crippen molar-refractivity contribution in [1.29, 1.82) is 0 Å². The lowest BCUT2D eigenvalue weighted by molar-refractivity contribution is -0.130. The number of aromatic nitrogens is 2. The van der Waals surface area contributed by atoms with Crippen LogP contribution in [0.25, 0.3) is 0 Å². The van der Waals surface area contributed by atoms with E-state index in [9.17, 15) is 9.59 Å². The maximum atomic E-state index is 12.0. The van der Waals surface area contributed by atoms with Gasteiger partial charge in [0.1, 0.15) is 5.51 Å². The Kier molecular flexibility index (Phi) is 4.43. The van der Waals surface area contributed by atoms with Crippen molar-refractivity contribution in [2.45, 2.75) is 19.4 Å². The highest BCUT2D eigenvalue weighted by molar-refractivity contribution is 7.13. The highest BCUT2D eigenvalue weighted by Gasteiger charge is 2.36. The zero-order valence-corrected chi connectivity index (χ0v) is 11.6. The van der Waals surface area contributed by atoms with Gasteiger partial charge in [-0.15, -0.1) is 10.2 Å². The van der Waals surface area contributed by atoms with E-state index in [-0.39, 0.29) is 30.2 Å². The molecule has 0 spiro atoms. The lowest BCUT2D eigenvalue weighted by Gasteiger charge is -2.23. The highest BCUT2D eigenvalue weighted by Crippen LogP contribution is 2.22. The number of ether oxygens (including phenoxy) is 1. The van der Waals surface area contributed by atoms with Gasteiger partial charge in [-0.1, -0.05) is 11.3 Å². The number of nitrogens with zero attached hydrogens (tertiary/aromatic N) is 3. The maximum Gasteiger partial charge on any atom is 0.231 e. The average molecular weight is 284 g/mol. The SMILES string of the molecule is COC[C@@H](C)N1C[C@@H](C(=O)Nc2nncs2)CC1=O. The van der Waals surface area contributed by atoms with Crippen molar-refractivity contribution in [3.05, 3.63) is 5.51 Å². The number of methoxy groups -OCH3 is 1. The minimum absolute atomic E-state index is 0.0121. The molecule has 1 aromatic rings. The number of anilines is 1. The third-order valence-corrected chi connectivity index (χ3v) is 3.67. The number of rotatable bonds is 5. The number of carbonyl (C=O) groups is 2. The number of amides is 2. The Morgan fingerprint density at radius 3 is 3.16 bits per heavy atom. The van der Waals surface area contributed by atoms with E-state index >= 15 is 0 Å². The molecule has 8 heteroatoms. The quantitative estimate of drug-likeness (QED) is 0.844. The Hall–Kier alpha value is -1.54. The first kappa shape index (κ1) is 13.9. The Bertz CT molecular complexity index is 451. The minimum atomic E-state index is -0.337. The largest absolute Gasteiger partial charge is 0.383 e. The normalized spacial score (nSPS) is 20.6. The third kappa shape index (κ3) is 3.27. The van der Waals surface area contributed by atoms with Crippen LogP contribution in [0.15, 0.2) is 5.51 Å². The van der Waals surface area contributed by atoms with Crippen LogP contribution >= 0.6 is 11.3 Å². The smallest absolute Gasteiger partial charge is 0.231 e. The van der Waals surface area contributed by atoms with Crippen LogP contribution in [0.1, 0.15) is 13.3 Å². The van der Waals surface area contributed by atoms with Crippen molar-refractivity contribution in [3.63, 3.8) is 0 Å². The fraction of sp³-hybridized carbons (Fsp3) is 0.636. The summed E-state index contributed by atoms with van der Waals surface area (Å²) in [5, 5.41) is 10.5. The summed E-state index contributed by atoms with van der Waals surface area (Å²) < 4.78 is 5.03. The van der Waals surface area contributed by atoms with Crippen LogP contribution in [-0.4, -0.2) is 53.2 Å². The molecule has 2 atom stereocenters. The second-order valence-corrected chi connectivity index (χ2v) is 5.32. The summed E-state index contributed by atoms with van der Waals surface area (Å²) in [6, 6.07) is -0.0168. The molecule has 0 saturated carbocycles. The number of hydrogen-bond donors (Lipinski definition) is 1. The van der Waals surface area contributed by atoms with Gasteiger partial charge in [-0.05, 0) is 6.92 Å². The molecule has 1 N–H and O–H groups in total. The van der Waals surface area contributed by atoms with Crippen molar-refractivity contribution < 1.29 is 14.3 Å². The van der Waals surface area contributed by atoms with Crippen LogP contribution in [0, 0.1) is 5.92 Å². The average Bonchev–Trinajstić information content (AvgIpc) is 2.98. The third-order valence-electron chi connectivity index (χ3n) is 3.06. The first-order chi connectivity index (χ1) is 9.11. The first-order valence-electron chi connectivity index (χ1n) is 5.97. The lowest BCUT2D eigenvalue weighted by atomic mass is 10.1. The summed E-state index contributed by atoms with van der Waals surface area (Å²) in [4.78, 5) is 25.6. The van der Waals surface area contributed by atoms with Gasteiger partial charge in [0.15, 0.2) is 0 Å². The van der Waals surface area contributed by atoms with E-state index in [1.54, 1.807) is 17.5 Å². The summed E-state index contributed by atoms with van der Waals surface area (Å²) >= 11 is 1.25. The van der Waals surface area contributed by atoms with E-state index in [1.807, 2.05) is 6.92 Å². The standard InChI is InChI=1S/C11H16N4O3S/c1-7(5-18-2)15-4-8(3-9(15)16)10(17)13-11-14-12-6-19-11/h6-8H,3-5H2,1-2H3,(H,13,14,17)/t7-,8+/m1/s1. The molecule has 1 aliphatic heterocycles. The predicted octanol–water partition coefficient (Wildman–Crippen LogP) is 0.360. The molecule has 2 rings (SSSR count). The van der Waals surface area contributed by atoms with Gasteiger partial charge in [-0.3, -0.25) is 9.59 Å². The molecule has 1 fully saturated rings. The highest BCUT2D eigenvalue weighted by atomic mass is 32.1. The Labute approximate surface area is 115 Å². The summed E-state index contributed by atoms with van der Waals surface area (Å²) in [6.07, 6.45) is 0.235. The Morgan fingerprint density at radius 2 is 2.53 bits per heavy atom. The van der Waals surface area contributed by atoms with Crippen LogP contribution in [0.5, 0.6) is 0 Å². The van der Waals surface area contributed by atoms with Crippen molar-refractivity contribution in [2.75, 3.05) is 25.6 Å². The van der Waals surface area contributed by atoms with Crippen molar-refractivity contribution in [3.8, 4) is 0 Å². The lowest BCUT2D eigenvalue weighted by Crippen LogP contribution is -2.38. The van der Waals surface area contributed by atoms with Gasteiger partial charge in [-0.25, -0.2) is 0 Å². The molecule has 104 valence electrons. The van der Waals surface area contributed by atoms with Crippen LogP contribution < -0.4 is 5.32 Å². The van der Waals surface area contributed by atoms with Gasteiger partial charge >= 0.3 is 0 Å². The number of nitrogens with one attached hydrogen (secondary N) is 1. The summed E-state index contributed by atoms with van der Waals surface area (Å²) in [6.45, 7) is 2.80. The summed E-state index contributed by atoms with van der Waals surface area (Å²) in [5.41, 5.74) is 1.54. The van der Waals surface area contributed by atoms with Crippen LogP contribution in [0.2, 0.25) is 0 Å². The molecule has 2 amide bonds. The first-order valence-corrected chi connectivity index (χ1v) is 6.85. The fourth-order valence-electron chi connectivity index (χ4n) is 2.10. The molecule has 19 heavy (non-hydrogen) atoms. The van der Waals surface area contributed by atoms with Crippen molar-refractivity contribution in [1.82, 2.24) is 15.1 Å². The van der Waals surface area contributed by atoms with Crippen LogP contribution in [-0.2, 0) is 14.3 Å². The van der Waals surface area contributed by atoms with Gasteiger partial charge in [0.05, 0.1) is 18.6 Å². The molecule has 0 radical (unpaired) electrons. The van der Waals surface area contributed by atoms with E-state index < -0.39 is 0 Å². The van der Waals surface area contributed by atoms with Crippen LogP contribution in [0.4, 0.5) is 5.13 Å². The zero-order chi connectivity index (χ0) is 13.8. The monoisotopic (exact) mass is 284 g/mol. The van der Waals surface area contributed by atoms with Crippen molar-refractivity contribution in [2.24, 2.45) is 5.92 Å². The van der Waals surface area contributed by atoms with E-state index in [0.29, 0.717) is 18.3 Å². The molecule has 1 aromatic heterocycles. The molecular formula is C11H16N4O3S. The molecule has 0 aliphatic carbocycles. The van der Waals surface area contributed by atoms with Gasteiger partial charge in [-0.2, -0.15) is 0 Å². The zero-order valence-electron chi connectivity index (χ0n) is 10.8. The molecule has 7 nitrogen and oxygen atoms in total. The Balaban J connectivity index is 1.93. The number of carbonyl (C=O) groups excluding carboxylic acids is 2. The fourth-order valence-corrected chi connectivity index (χ4v) is 2.55. The van der Waals surface area contributed by atoms with Gasteiger partial charge in [0, 0.05) is 20.1 Å². The Morgan fingerprint density at radius 1 is 1.74 bits per heavy atom. The maximum absolute atomic E-state index is 12.0. The molecular weight excluding hydrogens is 268 g/mol. The van der Waals surface area contributed by atoms with Gasteiger partial charge in [0.2, 0.25) is 16.9 Å². The van der Waals surface area contributed by atoms with Crippen molar-refractivity contribution >= 4 is 28.3 Å². The van der Waals surface area contributed by atoms with E-state index in [4.69, 9.17) is 4.74 Å². The molecule has 0 aromatic carbocycles. The van der Waals surface area contributed by atoms with E-state index in [1.165, 1.54) is 11.3 Å². The molecule has 1 saturated heterocycles. The van der Waals surface area contributed by atoms with E-state index in [0.717, 1.165) is 0 Å². The topological polar surface area (TPSA) is 84.4 Å². The van der Waals surface area contributed by atoms with E-state index in [2.05, 4.69) is 15.5 Å². The van der Waals surface area contributed by atoms with Gasteiger partial charge in [0.25, 0.3) is 0 Å². The molecule has 2 heterocycles. The van der Waals surface area contributed by atoms with Gasteiger partial charge < -0.3 is 15.0 Å². The summed E-state index contributed by atoms with van der Waals surface area (Å²) in [5.74, 6) is -0.533. The second-order valence-electron chi connectivity index (χ2n) is 4.48. The number of hydrogen-bond acceptors (Lipinski definition) is 6. The van der Waals surface area contributed by atoms with Crippen LogP contribution in [0.3, 0.4) is 0 Å². The number of likely N-dealkylation sites (tertiary alicyclic amines) is 1. The molecule has 1 aliphatic rings. The molecule has 0 unspecified atom stereocenters. The minimum Gasteiger partial charge on any atom is -0.383 e.